The van der Waals surface area contributed by atoms with Gasteiger partial charge in [-0.1, -0.05) is 36.4 Å². The number of H-pyrrole nitrogens is 1. The molecule has 3 atom stereocenters. The zero-order valence-electron chi connectivity index (χ0n) is 21.6. The van der Waals surface area contributed by atoms with Gasteiger partial charge in [0.2, 0.25) is 0 Å². The molecule has 0 aliphatic rings. The third-order valence-corrected chi connectivity index (χ3v) is 5.69. The van der Waals surface area contributed by atoms with E-state index in [9.17, 15) is 24.9 Å². The number of carboxylic acids is 2. The number of benzene rings is 3. The predicted octanol–water partition coefficient (Wildman–Crippen LogP) is -1.05. The Morgan fingerprint density at radius 1 is 0.825 bits per heavy atom. The molecule has 0 amide bonds. The van der Waals surface area contributed by atoms with Crippen LogP contribution in [0.4, 0.5) is 0 Å². The number of aromatic nitrogens is 1. The highest BCUT2D eigenvalue weighted by Gasteiger charge is 2.17. The van der Waals surface area contributed by atoms with Gasteiger partial charge in [0.1, 0.15) is 37.3 Å². The van der Waals surface area contributed by atoms with Crippen molar-refractivity contribution in [2.45, 2.75) is 18.3 Å². The zero-order chi connectivity index (χ0) is 29.1. The Balaban J connectivity index is 0.000000378. The first-order valence-electron chi connectivity index (χ1n) is 12.3. The van der Waals surface area contributed by atoms with Crippen LogP contribution >= 0.6 is 0 Å². The lowest BCUT2D eigenvalue weighted by molar-refractivity contribution is -0.333. The van der Waals surface area contributed by atoms with Gasteiger partial charge in [-0.25, -0.2) is 0 Å². The van der Waals surface area contributed by atoms with E-state index in [1.165, 1.54) is 0 Å². The molecule has 1 heterocycles. The van der Waals surface area contributed by atoms with Crippen molar-refractivity contribution < 1.29 is 49.3 Å². The summed E-state index contributed by atoms with van der Waals surface area (Å²) in [5, 5.41) is 51.4. The van der Waals surface area contributed by atoms with Crippen LogP contribution in [-0.2, 0) is 9.59 Å². The largest absolute Gasteiger partial charge is 0.547 e. The number of hydrogen-bond donors (Lipinski definition) is 5. The number of hydrogen-bond acceptors (Lipinski definition) is 11. The van der Waals surface area contributed by atoms with Gasteiger partial charge < -0.3 is 59.6 Å². The Bertz CT molecular complexity index is 1390. The second kappa shape index (κ2) is 14.7. The summed E-state index contributed by atoms with van der Waals surface area (Å²) >= 11 is 0. The number of para-hydroxylation sites is 3. The molecule has 12 nitrogen and oxygen atoms in total. The summed E-state index contributed by atoms with van der Waals surface area (Å²) in [4.78, 5) is 22.7. The average Bonchev–Trinajstić information content (AvgIpc) is 3.35. The van der Waals surface area contributed by atoms with Gasteiger partial charge in [0, 0.05) is 29.4 Å². The number of rotatable bonds is 13. The number of fused-ring (bicyclic) bond motifs is 3. The first kappa shape index (κ1) is 30.2. The van der Waals surface area contributed by atoms with E-state index in [1.54, 1.807) is 7.11 Å². The van der Waals surface area contributed by atoms with Crippen LogP contribution in [0.3, 0.4) is 0 Å². The van der Waals surface area contributed by atoms with Gasteiger partial charge in [0.05, 0.1) is 24.6 Å². The van der Waals surface area contributed by atoms with Gasteiger partial charge in [0.15, 0.2) is 11.5 Å². The molecule has 3 unspecified atom stereocenters. The molecule has 4 rings (SSSR count). The molecule has 0 aliphatic heterocycles. The molecule has 0 saturated carbocycles. The smallest absolute Gasteiger partial charge is 0.161 e. The molecule has 40 heavy (non-hydrogen) atoms. The monoisotopic (exact) mass is 554 g/mol. The van der Waals surface area contributed by atoms with Crippen molar-refractivity contribution in [3.63, 3.8) is 0 Å². The van der Waals surface area contributed by atoms with E-state index in [4.69, 9.17) is 24.4 Å². The fourth-order valence-corrected chi connectivity index (χ4v) is 3.73. The van der Waals surface area contributed by atoms with Crippen molar-refractivity contribution in [3.05, 3.63) is 66.7 Å². The summed E-state index contributed by atoms with van der Waals surface area (Å²) in [6.07, 6.45) is -5.51. The number of ether oxygens (including phenoxy) is 3. The van der Waals surface area contributed by atoms with Crippen molar-refractivity contribution in [2.75, 3.05) is 33.4 Å². The van der Waals surface area contributed by atoms with Crippen LogP contribution in [0.5, 0.6) is 17.2 Å². The molecule has 3 aromatic carbocycles. The molecule has 0 spiro atoms. The molecule has 214 valence electrons. The summed E-state index contributed by atoms with van der Waals surface area (Å²) in [6.45, 7) is 1.70. The standard InChI is InChI=1S/C24H26N2O4.C4H6O6/c1-28-21-10-4-5-11-22(21)29-14-13-25-15-17(27)16-30-23-12-6-9-20-24(23)18-7-2-3-8-19(18)26-20;5-1(3(7)8)2(6)4(9)10/h2-12,17,25-27H,13-16H2,1H3;1-2,5-6H,(H,7,8)(H,9,10)/p-2. The van der Waals surface area contributed by atoms with Gasteiger partial charge in [0.25, 0.3) is 0 Å². The number of methoxy groups -OCH3 is 1. The fourth-order valence-electron chi connectivity index (χ4n) is 3.73. The fraction of sp³-hybridized carbons (Fsp3) is 0.286. The Kier molecular flexibility index (Phi) is 11.1. The van der Waals surface area contributed by atoms with Crippen LogP contribution in [0, 0.1) is 0 Å². The number of aromatic amines is 1. The highest BCUT2D eigenvalue weighted by molar-refractivity contribution is 6.10. The minimum Gasteiger partial charge on any atom is -0.547 e. The number of aliphatic carboxylic acids is 2. The lowest BCUT2D eigenvalue weighted by atomic mass is 10.1. The maximum atomic E-state index is 10.3. The summed E-state index contributed by atoms with van der Waals surface area (Å²) in [5.41, 5.74) is 2.09. The number of aliphatic hydroxyl groups excluding tert-OH is 3. The molecule has 0 saturated heterocycles. The van der Waals surface area contributed by atoms with E-state index in [2.05, 4.69) is 16.4 Å². The predicted molar refractivity (Wildman–Crippen MR) is 141 cm³/mol. The molecule has 1 aromatic heterocycles. The molecule has 12 heteroatoms. The molecule has 0 aliphatic carbocycles. The number of carbonyl (C=O) groups is 2. The van der Waals surface area contributed by atoms with Crippen LogP contribution in [-0.4, -0.2) is 84.0 Å². The second-order valence-corrected chi connectivity index (χ2v) is 8.55. The second-order valence-electron chi connectivity index (χ2n) is 8.55. The lowest BCUT2D eigenvalue weighted by Crippen LogP contribution is -2.51. The van der Waals surface area contributed by atoms with E-state index in [-0.39, 0.29) is 6.61 Å². The van der Waals surface area contributed by atoms with Crippen molar-refractivity contribution in [1.29, 1.82) is 0 Å². The minimum absolute atomic E-state index is 0.207. The quantitative estimate of drug-likeness (QED) is 0.126. The van der Waals surface area contributed by atoms with Gasteiger partial charge in [-0.2, -0.15) is 0 Å². The van der Waals surface area contributed by atoms with E-state index < -0.39 is 30.3 Å². The maximum Gasteiger partial charge on any atom is 0.161 e. The van der Waals surface area contributed by atoms with E-state index >= 15 is 0 Å². The molecule has 0 fully saturated rings. The summed E-state index contributed by atoms with van der Waals surface area (Å²) in [7, 11) is 1.62. The number of nitrogens with one attached hydrogen (secondary N) is 2. The Morgan fingerprint density at radius 2 is 1.43 bits per heavy atom. The van der Waals surface area contributed by atoms with Crippen molar-refractivity contribution >= 4 is 33.7 Å². The normalized spacial score (nSPS) is 13.1. The lowest BCUT2D eigenvalue weighted by Gasteiger charge is -2.18. The summed E-state index contributed by atoms with van der Waals surface area (Å²) in [6, 6.07) is 21.6. The van der Waals surface area contributed by atoms with Gasteiger partial charge in [-0.15, -0.1) is 0 Å². The van der Waals surface area contributed by atoms with Crippen LogP contribution in [0.2, 0.25) is 0 Å². The Labute approximate surface area is 229 Å². The average molecular weight is 555 g/mol. The number of aliphatic hydroxyl groups is 3. The minimum atomic E-state index is -2.44. The van der Waals surface area contributed by atoms with Crippen molar-refractivity contribution in [3.8, 4) is 17.2 Å². The molecular weight excluding hydrogens is 524 g/mol. The Morgan fingerprint density at radius 3 is 2.10 bits per heavy atom. The van der Waals surface area contributed by atoms with Crippen LogP contribution in [0.25, 0.3) is 21.8 Å². The van der Waals surface area contributed by atoms with Crippen LogP contribution < -0.4 is 29.7 Å². The molecule has 5 N–H and O–H groups in total. The summed E-state index contributed by atoms with van der Waals surface area (Å²) in [5.74, 6) is -1.94. The van der Waals surface area contributed by atoms with E-state index in [0.717, 1.165) is 27.6 Å². The summed E-state index contributed by atoms with van der Waals surface area (Å²) < 4.78 is 16.9. The number of carboxylic acid groups (broad SMARTS) is 2. The zero-order valence-corrected chi connectivity index (χ0v) is 21.6. The van der Waals surface area contributed by atoms with Crippen LogP contribution in [0.15, 0.2) is 66.7 Å². The topological polar surface area (TPSA) is 196 Å². The highest BCUT2D eigenvalue weighted by atomic mass is 16.5. The SMILES string of the molecule is COc1ccccc1OCCNCC(O)COc1cccc2[nH]c3ccccc3c12.O=C([O-])C(O)C(O)C(=O)[O-]. The van der Waals surface area contributed by atoms with Gasteiger partial charge in [-0.3, -0.25) is 0 Å². The third-order valence-electron chi connectivity index (χ3n) is 5.69. The van der Waals surface area contributed by atoms with Crippen molar-refractivity contribution in [1.82, 2.24) is 10.3 Å². The van der Waals surface area contributed by atoms with E-state index in [1.807, 2.05) is 60.7 Å². The van der Waals surface area contributed by atoms with E-state index in [0.29, 0.717) is 31.2 Å². The first-order chi connectivity index (χ1) is 19.2. The number of carbonyl (C=O) groups excluding carboxylic acids is 2. The molecule has 4 aromatic rings. The van der Waals surface area contributed by atoms with Gasteiger partial charge in [-0.05, 0) is 30.3 Å². The first-order valence-corrected chi connectivity index (χ1v) is 12.3. The third kappa shape index (κ3) is 8.07. The van der Waals surface area contributed by atoms with Gasteiger partial charge >= 0.3 is 0 Å². The molecule has 0 bridgehead atoms. The highest BCUT2D eigenvalue weighted by Crippen LogP contribution is 2.33. The maximum absolute atomic E-state index is 10.3. The van der Waals surface area contributed by atoms with Crippen LogP contribution in [0.1, 0.15) is 0 Å². The van der Waals surface area contributed by atoms with Crippen molar-refractivity contribution in [2.24, 2.45) is 0 Å². The Hall–Kier alpha value is -4.36. The molecule has 0 radical (unpaired) electrons. The molecular formula is C28H30N2O10-2.